The molecule has 0 aliphatic carbocycles. The Balaban J connectivity index is 0.000000520. The third-order valence-corrected chi connectivity index (χ3v) is 10.8. The fourth-order valence-electron chi connectivity index (χ4n) is 7.54. The molecule has 0 amide bonds. The van der Waals surface area contributed by atoms with Gasteiger partial charge in [-0.3, -0.25) is 0 Å². The van der Waals surface area contributed by atoms with Gasteiger partial charge < -0.3 is 4.74 Å². The fourth-order valence-corrected chi connectivity index (χ4v) is 7.67. The lowest BCUT2D eigenvalue weighted by molar-refractivity contribution is -0.693. The maximum absolute atomic E-state index is 14.2. The van der Waals surface area contributed by atoms with E-state index in [1.165, 1.54) is 5.56 Å². The average Bonchev–Trinajstić information content (AvgIpc) is 3.25. The highest BCUT2D eigenvalue weighted by Crippen LogP contribution is 2.41. The summed E-state index contributed by atoms with van der Waals surface area (Å²) in [6.07, 6.45) is -49.5. The first-order valence-corrected chi connectivity index (χ1v) is 20.3. The van der Waals surface area contributed by atoms with Crippen molar-refractivity contribution in [3.63, 3.8) is 0 Å². The standard InChI is InChI=1S/C32H12BF24.C12H12N2OS/c34-25(35,36)13-1-14(26(37,38)39)6-21(5-13)33(22-7-15(27(40,41)42)2-16(8-22)28(43,44)45,23-9-17(29(46,47)48)3-18(10-23)30(49,50)51)24-11-19(31(52,53)54)4-20(12-24)32(55,56)57;16-10-15-12-8-13-6-7-14(12)9-11-4-2-1-3-5-11/h1-12H;1-8H,9-10H2/q-1;/p+1. The molecular weight excluding hydrogens is 1070 g/mol. The van der Waals surface area contributed by atoms with Crippen LogP contribution in [0.4, 0.5) is 105 Å². The summed E-state index contributed by atoms with van der Waals surface area (Å²) in [4.78, 5) is 4.03. The number of hydrogen-bond donors (Lipinski definition) is 1. The van der Waals surface area contributed by atoms with E-state index < -0.39 is 195 Å². The molecule has 0 radical (unpaired) electrons. The van der Waals surface area contributed by atoms with E-state index in [2.05, 4.69) is 29.7 Å². The van der Waals surface area contributed by atoms with Crippen LogP contribution >= 0.6 is 12.6 Å². The number of alkyl halides is 24. The van der Waals surface area contributed by atoms with Crippen LogP contribution in [0.5, 0.6) is 5.88 Å². The van der Waals surface area contributed by atoms with Crippen LogP contribution in [-0.2, 0) is 56.0 Å². The van der Waals surface area contributed by atoms with Gasteiger partial charge >= 0.3 is 55.3 Å². The van der Waals surface area contributed by atoms with Gasteiger partial charge in [0, 0.05) is 5.56 Å². The third-order valence-electron chi connectivity index (χ3n) is 10.6. The van der Waals surface area contributed by atoms with E-state index in [4.69, 9.17) is 4.74 Å². The highest BCUT2D eigenvalue weighted by atomic mass is 32.1. The molecule has 5 aromatic carbocycles. The Bertz CT molecular complexity index is 2460. The van der Waals surface area contributed by atoms with Gasteiger partial charge in [-0.15, -0.1) is 12.6 Å². The second-order valence-electron chi connectivity index (χ2n) is 15.5. The first kappa shape index (κ1) is 57.6. The molecule has 1 aromatic heterocycles. The van der Waals surface area contributed by atoms with Crippen molar-refractivity contribution in [3.05, 3.63) is 172 Å². The Labute approximate surface area is 399 Å². The van der Waals surface area contributed by atoms with Crippen LogP contribution in [0, 0.1) is 0 Å². The van der Waals surface area contributed by atoms with Crippen LogP contribution in [0.25, 0.3) is 0 Å². The molecule has 6 rings (SSSR count). The Hall–Kier alpha value is -6.29. The molecule has 3 nitrogen and oxygen atoms in total. The molecule has 0 saturated carbocycles. The van der Waals surface area contributed by atoms with Gasteiger partial charge in [0.1, 0.15) is 18.3 Å². The number of aromatic nitrogens is 2. The zero-order valence-corrected chi connectivity index (χ0v) is 36.3. The molecule has 1 heterocycles. The van der Waals surface area contributed by atoms with E-state index in [9.17, 15) is 105 Å². The smallest absolute Gasteiger partial charge is 0.416 e. The van der Waals surface area contributed by atoms with Crippen LogP contribution in [-0.4, -0.2) is 17.1 Å². The van der Waals surface area contributed by atoms with Crippen molar-refractivity contribution in [2.45, 2.75) is 56.0 Å². The Morgan fingerprint density at radius 1 is 0.397 bits per heavy atom. The van der Waals surface area contributed by atoms with Gasteiger partial charge in [0.25, 0.3) is 0 Å². The van der Waals surface area contributed by atoms with E-state index >= 15 is 0 Å². The molecule has 0 atom stereocenters. The highest BCUT2D eigenvalue weighted by molar-refractivity contribution is 7.80. The van der Waals surface area contributed by atoms with Gasteiger partial charge in [-0.05, 0) is 24.3 Å². The number of rotatable bonds is 8. The summed E-state index contributed by atoms with van der Waals surface area (Å²) in [6.45, 7) is 0.770. The predicted molar refractivity (Wildman–Crippen MR) is 215 cm³/mol. The summed E-state index contributed by atoms with van der Waals surface area (Å²) in [7, 11) is 0. The summed E-state index contributed by atoms with van der Waals surface area (Å²) in [5, 5.41) is 0. The second-order valence-corrected chi connectivity index (χ2v) is 15.8. The third kappa shape index (κ3) is 13.7. The topological polar surface area (TPSA) is 26.0 Å². The van der Waals surface area contributed by atoms with E-state index in [0.717, 1.165) is 12.4 Å². The maximum atomic E-state index is 14.2. The van der Waals surface area contributed by atoms with Crippen LogP contribution in [0.2, 0.25) is 0 Å². The molecular formula is C44H25BF24N2OS. The second kappa shape index (κ2) is 20.2. The van der Waals surface area contributed by atoms with Gasteiger partial charge in [0.05, 0.1) is 50.7 Å². The number of nitrogens with zero attached hydrogens (tertiary/aromatic N) is 2. The van der Waals surface area contributed by atoms with Gasteiger partial charge in [-0.1, -0.05) is 78.9 Å². The summed E-state index contributed by atoms with van der Waals surface area (Å²) < 4.78 is 348. The van der Waals surface area contributed by atoms with E-state index in [1.54, 1.807) is 12.4 Å². The predicted octanol–water partition coefficient (Wildman–Crippen LogP) is 12.9. The van der Waals surface area contributed by atoms with Crippen LogP contribution in [0.15, 0.2) is 122 Å². The number of hydrogen-bond acceptors (Lipinski definition) is 3. The molecule has 6 aromatic rings. The molecule has 0 unspecified atom stereocenters. The molecule has 0 bridgehead atoms. The minimum Gasteiger partial charge on any atom is -0.432 e. The van der Waals surface area contributed by atoms with Crippen LogP contribution in [0.3, 0.4) is 0 Å². The van der Waals surface area contributed by atoms with Crippen molar-refractivity contribution in [3.8, 4) is 5.88 Å². The minimum atomic E-state index is -6.13. The summed E-state index contributed by atoms with van der Waals surface area (Å²) in [5.74, 6) is 1.07. The minimum absolute atomic E-state index is 0.348. The van der Waals surface area contributed by atoms with Crippen molar-refractivity contribution in [2.75, 3.05) is 5.94 Å². The van der Waals surface area contributed by atoms with E-state index in [1.807, 2.05) is 29.0 Å². The monoisotopic (exact) mass is 1100 g/mol. The summed E-state index contributed by atoms with van der Waals surface area (Å²) in [5.41, 5.74) is -29.0. The summed E-state index contributed by atoms with van der Waals surface area (Å²) >= 11 is 4.04. The molecule has 0 aliphatic rings. The van der Waals surface area contributed by atoms with Gasteiger partial charge in [0.2, 0.25) is 0 Å². The molecule has 73 heavy (non-hydrogen) atoms. The SMILES string of the molecule is FC(F)(F)c1cc([B-](c2cc(C(F)(F)F)cc(C(F)(F)F)c2)(c2cc(C(F)(F)F)cc(C(F)(F)F)c2)c2cc(C(F)(F)F)cc(C(F)(F)F)c2)cc(C(F)(F)F)c1.SCOc1cncc[n+]1Cc1ccccc1. The Morgan fingerprint density at radius 3 is 0.890 bits per heavy atom. The van der Waals surface area contributed by atoms with Crippen molar-refractivity contribution < 1.29 is 115 Å². The largest absolute Gasteiger partial charge is 0.432 e. The zero-order valence-electron chi connectivity index (χ0n) is 35.4. The molecule has 29 heteroatoms. The van der Waals surface area contributed by atoms with Crippen LogP contribution < -0.4 is 31.2 Å². The zero-order chi connectivity index (χ0) is 55.1. The lowest BCUT2D eigenvalue weighted by Gasteiger charge is -2.46. The molecule has 0 fully saturated rings. The molecule has 0 saturated heterocycles. The molecule has 0 spiro atoms. The van der Waals surface area contributed by atoms with E-state index in [-0.39, 0.29) is 0 Å². The Morgan fingerprint density at radius 2 is 0.658 bits per heavy atom. The maximum Gasteiger partial charge on any atom is 0.416 e. The van der Waals surface area contributed by atoms with Crippen LogP contribution in [0.1, 0.15) is 50.1 Å². The molecule has 0 N–H and O–H groups in total. The number of benzene rings is 5. The number of halogens is 24. The average molecular weight is 1100 g/mol. The van der Waals surface area contributed by atoms with Crippen molar-refractivity contribution >= 4 is 40.6 Å². The van der Waals surface area contributed by atoms with Crippen molar-refractivity contribution in [1.82, 2.24) is 4.98 Å². The van der Waals surface area contributed by atoms with Gasteiger partial charge in [-0.2, -0.15) is 132 Å². The fraction of sp³-hybridized carbons (Fsp3) is 0.227. The van der Waals surface area contributed by atoms with Crippen molar-refractivity contribution in [2.24, 2.45) is 0 Å². The normalized spacial score (nSPS) is 13.4. The lowest BCUT2D eigenvalue weighted by atomic mass is 9.12. The van der Waals surface area contributed by atoms with E-state index in [0.29, 0.717) is 5.94 Å². The quantitative estimate of drug-likeness (QED) is 0.0540. The van der Waals surface area contributed by atoms with Crippen molar-refractivity contribution in [1.29, 1.82) is 0 Å². The molecule has 394 valence electrons. The highest BCUT2D eigenvalue weighted by Gasteiger charge is 2.47. The summed E-state index contributed by atoms with van der Waals surface area (Å²) in [6, 6.07) is 1.41. The Kier molecular flexibility index (Phi) is 15.9. The van der Waals surface area contributed by atoms with Gasteiger partial charge in [0.15, 0.2) is 12.7 Å². The first-order chi connectivity index (χ1) is 33.2. The lowest BCUT2D eigenvalue weighted by Crippen LogP contribution is -2.75. The first-order valence-electron chi connectivity index (χ1n) is 19.6. The molecule has 0 aliphatic heterocycles. The number of thiol groups is 1. The number of ether oxygens (including phenoxy) is 1. The van der Waals surface area contributed by atoms with Gasteiger partial charge in [-0.25, -0.2) is 4.98 Å².